The van der Waals surface area contributed by atoms with Crippen molar-refractivity contribution < 1.29 is 4.57 Å². The molecule has 0 atom stereocenters. The second-order valence-corrected chi connectivity index (χ2v) is 4.40. The van der Waals surface area contributed by atoms with E-state index in [4.69, 9.17) is 0 Å². The van der Waals surface area contributed by atoms with Crippen LogP contribution < -0.4 is 4.57 Å². The summed E-state index contributed by atoms with van der Waals surface area (Å²) in [7, 11) is 0. The highest BCUT2D eigenvalue weighted by Gasteiger charge is 2.06. The van der Waals surface area contributed by atoms with Crippen molar-refractivity contribution in [2.24, 2.45) is 0 Å². The lowest BCUT2D eigenvalue weighted by molar-refractivity contribution is -0.688. The maximum Gasteiger partial charge on any atom is 0.244 e. The Labute approximate surface area is 112 Å². The van der Waals surface area contributed by atoms with Gasteiger partial charge >= 0.3 is 0 Å². The third kappa shape index (κ3) is 3.04. The number of rotatable bonds is 4. The van der Waals surface area contributed by atoms with Gasteiger partial charge in [-0.15, -0.1) is 0 Å². The highest BCUT2D eigenvalue weighted by Crippen LogP contribution is 1.98. The average Bonchev–Trinajstić information content (AvgIpc) is 2.88. The van der Waals surface area contributed by atoms with Crippen molar-refractivity contribution in [3.63, 3.8) is 0 Å². The van der Waals surface area contributed by atoms with Gasteiger partial charge in [0.15, 0.2) is 0 Å². The molecular formula is C15H15N4+. The molecule has 0 aliphatic heterocycles. The number of aromatic nitrogens is 4. The Morgan fingerprint density at radius 1 is 0.947 bits per heavy atom. The Kier molecular flexibility index (Phi) is 3.32. The van der Waals surface area contributed by atoms with Crippen LogP contribution in [0, 0.1) is 0 Å². The molecule has 0 saturated carbocycles. The zero-order chi connectivity index (χ0) is 12.9. The molecule has 0 saturated heterocycles. The predicted molar refractivity (Wildman–Crippen MR) is 71.3 cm³/mol. The van der Waals surface area contributed by atoms with Gasteiger partial charge in [0, 0.05) is 12.4 Å². The summed E-state index contributed by atoms with van der Waals surface area (Å²) in [5, 5.41) is 0. The number of hydrogen-bond acceptors (Lipinski definition) is 2. The minimum Gasteiger partial charge on any atom is -0.257 e. The van der Waals surface area contributed by atoms with E-state index in [1.54, 1.807) is 0 Å². The molecule has 0 radical (unpaired) electrons. The highest BCUT2D eigenvalue weighted by molar-refractivity contribution is 5.04. The molecule has 4 nitrogen and oxygen atoms in total. The molecule has 0 fully saturated rings. The topological polar surface area (TPSA) is 34.6 Å². The number of pyridine rings is 2. The lowest BCUT2D eigenvalue weighted by Gasteiger charge is -1.97. The Balaban J connectivity index is 1.70. The van der Waals surface area contributed by atoms with E-state index >= 15 is 0 Å². The second kappa shape index (κ2) is 5.44. The van der Waals surface area contributed by atoms with Gasteiger partial charge in [-0.05, 0) is 24.3 Å². The minimum atomic E-state index is 0.788. The fourth-order valence-corrected chi connectivity index (χ4v) is 1.98. The molecule has 0 unspecified atom stereocenters. The maximum absolute atomic E-state index is 4.32. The molecule has 3 aromatic heterocycles. The van der Waals surface area contributed by atoms with Crippen molar-refractivity contribution in [3.8, 4) is 0 Å². The van der Waals surface area contributed by atoms with Gasteiger partial charge in [0.2, 0.25) is 6.33 Å². The summed E-state index contributed by atoms with van der Waals surface area (Å²) >= 11 is 0. The fourth-order valence-electron chi connectivity index (χ4n) is 1.98. The average molecular weight is 251 g/mol. The molecule has 0 N–H and O–H groups in total. The summed E-state index contributed by atoms with van der Waals surface area (Å²) in [6.45, 7) is 1.58. The number of hydrogen-bond donors (Lipinski definition) is 0. The molecule has 0 aliphatic carbocycles. The van der Waals surface area contributed by atoms with Crippen molar-refractivity contribution in [1.82, 2.24) is 14.5 Å². The van der Waals surface area contributed by atoms with Crippen LogP contribution in [-0.2, 0) is 13.1 Å². The van der Waals surface area contributed by atoms with Gasteiger partial charge in [0.1, 0.15) is 25.5 Å². The van der Waals surface area contributed by atoms with Crippen LogP contribution in [0.25, 0.3) is 0 Å². The molecule has 0 aromatic carbocycles. The first-order valence-electron chi connectivity index (χ1n) is 6.25. The van der Waals surface area contributed by atoms with Crippen molar-refractivity contribution in [2.45, 2.75) is 13.1 Å². The highest BCUT2D eigenvalue weighted by atomic mass is 15.1. The molecular weight excluding hydrogens is 236 g/mol. The van der Waals surface area contributed by atoms with Gasteiger partial charge in [0.25, 0.3) is 0 Å². The summed E-state index contributed by atoms with van der Waals surface area (Å²) in [5.74, 6) is 0. The van der Waals surface area contributed by atoms with Crippen LogP contribution in [0.1, 0.15) is 11.4 Å². The van der Waals surface area contributed by atoms with Crippen LogP contribution in [0.4, 0.5) is 0 Å². The molecule has 3 heterocycles. The molecule has 3 aromatic rings. The fraction of sp³-hybridized carbons (Fsp3) is 0.133. The third-order valence-electron chi connectivity index (χ3n) is 2.89. The van der Waals surface area contributed by atoms with Crippen molar-refractivity contribution >= 4 is 0 Å². The van der Waals surface area contributed by atoms with E-state index in [0.717, 1.165) is 24.5 Å². The summed E-state index contributed by atoms with van der Waals surface area (Å²) in [4.78, 5) is 8.65. The quantitative estimate of drug-likeness (QED) is 0.661. The van der Waals surface area contributed by atoms with Gasteiger partial charge in [-0.1, -0.05) is 12.1 Å². The number of imidazole rings is 1. The second-order valence-electron chi connectivity index (χ2n) is 4.40. The van der Waals surface area contributed by atoms with Crippen molar-refractivity contribution in [3.05, 3.63) is 78.9 Å². The monoisotopic (exact) mass is 251 g/mol. The van der Waals surface area contributed by atoms with E-state index in [1.807, 2.05) is 48.8 Å². The van der Waals surface area contributed by atoms with Gasteiger partial charge in [-0.25, -0.2) is 9.13 Å². The molecule has 0 amide bonds. The first kappa shape index (κ1) is 11.6. The van der Waals surface area contributed by atoms with E-state index in [9.17, 15) is 0 Å². The van der Waals surface area contributed by atoms with Crippen LogP contribution in [-0.4, -0.2) is 14.5 Å². The van der Waals surface area contributed by atoms with E-state index in [-0.39, 0.29) is 0 Å². The van der Waals surface area contributed by atoms with Gasteiger partial charge < -0.3 is 0 Å². The van der Waals surface area contributed by atoms with Gasteiger partial charge in [0.05, 0.1) is 11.4 Å². The van der Waals surface area contributed by atoms with Crippen LogP contribution >= 0.6 is 0 Å². The predicted octanol–water partition coefficient (Wildman–Crippen LogP) is 1.66. The Morgan fingerprint density at radius 3 is 2.37 bits per heavy atom. The Bertz CT molecular complexity index is 576. The van der Waals surface area contributed by atoms with E-state index < -0.39 is 0 Å². The minimum absolute atomic E-state index is 0.788. The lowest BCUT2D eigenvalue weighted by Crippen LogP contribution is -2.32. The van der Waals surface area contributed by atoms with Gasteiger partial charge in [-0.2, -0.15) is 0 Å². The van der Waals surface area contributed by atoms with Crippen LogP contribution in [0.2, 0.25) is 0 Å². The van der Waals surface area contributed by atoms with E-state index in [1.165, 1.54) is 0 Å². The van der Waals surface area contributed by atoms with Crippen LogP contribution in [0.3, 0.4) is 0 Å². The summed E-state index contributed by atoms with van der Waals surface area (Å²) in [5.41, 5.74) is 2.12. The molecule has 0 bridgehead atoms. The molecule has 0 spiro atoms. The van der Waals surface area contributed by atoms with Gasteiger partial charge in [-0.3, -0.25) is 9.97 Å². The normalized spacial score (nSPS) is 10.5. The smallest absolute Gasteiger partial charge is 0.244 e. The maximum atomic E-state index is 4.32. The summed E-state index contributed by atoms with van der Waals surface area (Å²) in [6.07, 6.45) is 9.82. The van der Waals surface area contributed by atoms with Crippen LogP contribution in [0.15, 0.2) is 67.5 Å². The number of nitrogens with zero attached hydrogens (tertiary/aromatic N) is 4. The molecule has 3 rings (SSSR count). The summed E-state index contributed by atoms with van der Waals surface area (Å²) in [6, 6.07) is 11.9. The van der Waals surface area contributed by atoms with Crippen LogP contribution in [0.5, 0.6) is 0 Å². The lowest BCUT2D eigenvalue weighted by atomic mass is 10.3. The van der Waals surface area contributed by atoms with E-state index in [0.29, 0.717) is 0 Å². The zero-order valence-corrected chi connectivity index (χ0v) is 10.6. The van der Waals surface area contributed by atoms with E-state index in [2.05, 4.69) is 37.8 Å². The standard InChI is InChI=1S/C15H15N4/c1-3-7-16-14(5-1)11-18-9-10-19(13-18)12-15-6-2-4-8-17-15/h1-10,13H,11-12H2/q+1. The zero-order valence-electron chi connectivity index (χ0n) is 10.6. The largest absolute Gasteiger partial charge is 0.257 e. The molecule has 19 heavy (non-hydrogen) atoms. The first-order valence-corrected chi connectivity index (χ1v) is 6.25. The molecule has 0 aliphatic rings. The third-order valence-corrected chi connectivity index (χ3v) is 2.89. The molecule has 4 heteroatoms. The Morgan fingerprint density at radius 2 is 1.68 bits per heavy atom. The SMILES string of the molecule is c1ccc(Cn2cc[n+](Cc3ccccn3)c2)nc1. The summed E-state index contributed by atoms with van der Waals surface area (Å²) < 4.78 is 4.23. The Hall–Kier alpha value is -2.49. The van der Waals surface area contributed by atoms with Crippen molar-refractivity contribution in [1.29, 1.82) is 0 Å². The molecule has 94 valence electrons. The first-order chi connectivity index (χ1) is 9.40. The van der Waals surface area contributed by atoms with Crippen molar-refractivity contribution in [2.75, 3.05) is 0 Å².